The normalized spacial score (nSPS) is 13.6. The molecule has 3 heterocycles. The van der Waals surface area contributed by atoms with Crippen molar-refractivity contribution in [3.63, 3.8) is 0 Å². The van der Waals surface area contributed by atoms with Crippen molar-refractivity contribution in [2.45, 2.75) is 25.8 Å². The molecule has 1 aliphatic heterocycles. The molecule has 0 aliphatic carbocycles. The molecular formula is C23H26N6O3. The molecule has 32 heavy (non-hydrogen) atoms. The molecule has 0 bridgehead atoms. The van der Waals surface area contributed by atoms with E-state index in [1.807, 2.05) is 36.4 Å². The van der Waals surface area contributed by atoms with E-state index in [9.17, 15) is 9.59 Å². The second-order valence-electron chi connectivity index (χ2n) is 7.57. The second kappa shape index (κ2) is 10.5. The van der Waals surface area contributed by atoms with Gasteiger partial charge in [-0.25, -0.2) is 15.0 Å². The summed E-state index contributed by atoms with van der Waals surface area (Å²) in [7, 11) is 0. The van der Waals surface area contributed by atoms with Crippen LogP contribution in [-0.4, -0.2) is 51.7 Å². The summed E-state index contributed by atoms with van der Waals surface area (Å²) in [5.41, 5.74) is 1.15. The van der Waals surface area contributed by atoms with E-state index in [1.165, 1.54) is 42.6 Å². The van der Waals surface area contributed by atoms with E-state index in [-0.39, 0.29) is 24.6 Å². The summed E-state index contributed by atoms with van der Waals surface area (Å²) in [5, 5.41) is 2.75. The van der Waals surface area contributed by atoms with Gasteiger partial charge in [-0.15, -0.1) is 0 Å². The Morgan fingerprint density at radius 1 is 1.03 bits per heavy atom. The number of aromatic nitrogens is 4. The van der Waals surface area contributed by atoms with Crippen LogP contribution >= 0.6 is 0 Å². The summed E-state index contributed by atoms with van der Waals surface area (Å²) < 4.78 is 6.93. The molecule has 1 amide bonds. The largest absolute Gasteiger partial charge is 0.476 e. The van der Waals surface area contributed by atoms with Crippen molar-refractivity contribution in [3.8, 4) is 17.1 Å². The van der Waals surface area contributed by atoms with E-state index >= 15 is 0 Å². The molecule has 0 unspecified atom stereocenters. The summed E-state index contributed by atoms with van der Waals surface area (Å²) in [6, 6.07) is 12.7. The van der Waals surface area contributed by atoms with Crippen LogP contribution in [0.1, 0.15) is 19.3 Å². The maximum atomic E-state index is 12.3. The summed E-state index contributed by atoms with van der Waals surface area (Å²) >= 11 is 0. The Balaban J connectivity index is 1.24. The van der Waals surface area contributed by atoms with Crippen molar-refractivity contribution in [2.75, 3.05) is 31.1 Å². The van der Waals surface area contributed by atoms with E-state index < -0.39 is 0 Å². The third kappa shape index (κ3) is 5.69. The highest BCUT2D eigenvalue weighted by molar-refractivity contribution is 5.75. The zero-order valence-corrected chi connectivity index (χ0v) is 17.8. The van der Waals surface area contributed by atoms with Crippen LogP contribution < -0.4 is 20.5 Å². The molecular weight excluding hydrogens is 408 g/mol. The van der Waals surface area contributed by atoms with Crippen LogP contribution in [0, 0.1) is 0 Å². The van der Waals surface area contributed by atoms with Gasteiger partial charge >= 0.3 is 0 Å². The number of amides is 1. The third-order valence-electron chi connectivity index (χ3n) is 5.24. The molecule has 0 radical (unpaired) electrons. The molecule has 3 aromatic rings. The predicted octanol–water partition coefficient (Wildman–Crippen LogP) is 1.89. The SMILES string of the molecule is O=C(Cn1cnc(-c2ccccc2)cc1=O)NCCOc1cc(N2CCCCC2)ncn1. The predicted molar refractivity (Wildman–Crippen MR) is 121 cm³/mol. The van der Waals surface area contributed by atoms with Crippen molar-refractivity contribution >= 4 is 11.7 Å². The lowest BCUT2D eigenvalue weighted by Gasteiger charge is -2.27. The summed E-state index contributed by atoms with van der Waals surface area (Å²) in [5.74, 6) is 1.05. The second-order valence-corrected chi connectivity index (χ2v) is 7.57. The van der Waals surface area contributed by atoms with E-state index in [2.05, 4.69) is 25.2 Å². The van der Waals surface area contributed by atoms with Crippen LogP contribution in [0.25, 0.3) is 11.3 Å². The number of piperidine rings is 1. The Hall–Kier alpha value is -3.75. The van der Waals surface area contributed by atoms with Gasteiger partial charge in [0.05, 0.1) is 18.6 Å². The van der Waals surface area contributed by atoms with Crippen molar-refractivity contribution in [3.05, 3.63) is 65.5 Å². The molecule has 9 nitrogen and oxygen atoms in total. The highest BCUT2D eigenvalue weighted by atomic mass is 16.5. The van der Waals surface area contributed by atoms with Gasteiger partial charge in [0.25, 0.3) is 5.56 Å². The first-order valence-electron chi connectivity index (χ1n) is 10.8. The number of rotatable bonds is 8. The Kier molecular flexibility index (Phi) is 7.06. The van der Waals surface area contributed by atoms with Gasteiger partial charge in [-0.3, -0.25) is 14.2 Å². The van der Waals surface area contributed by atoms with Crippen LogP contribution in [0.3, 0.4) is 0 Å². The number of anilines is 1. The molecule has 1 aliphatic rings. The summed E-state index contributed by atoms with van der Waals surface area (Å²) in [6.45, 7) is 2.45. The minimum Gasteiger partial charge on any atom is -0.476 e. The van der Waals surface area contributed by atoms with Crippen LogP contribution in [-0.2, 0) is 11.3 Å². The van der Waals surface area contributed by atoms with Crippen molar-refractivity contribution < 1.29 is 9.53 Å². The lowest BCUT2D eigenvalue weighted by Crippen LogP contribution is -2.34. The third-order valence-corrected chi connectivity index (χ3v) is 5.24. The minimum absolute atomic E-state index is 0.104. The fraction of sp³-hybridized carbons (Fsp3) is 0.348. The molecule has 0 spiro atoms. The fourth-order valence-corrected chi connectivity index (χ4v) is 3.57. The van der Waals surface area contributed by atoms with Crippen molar-refractivity contribution in [2.24, 2.45) is 0 Å². The van der Waals surface area contributed by atoms with Gasteiger partial charge in [0.15, 0.2) is 0 Å². The van der Waals surface area contributed by atoms with Crippen LogP contribution in [0.4, 0.5) is 5.82 Å². The number of hydrogen-bond acceptors (Lipinski definition) is 7. The average Bonchev–Trinajstić information content (AvgIpc) is 2.84. The first-order valence-corrected chi connectivity index (χ1v) is 10.8. The van der Waals surface area contributed by atoms with Crippen LogP contribution in [0.15, 0.2) is 59.9 Å². The average molecular weight is 435 g/mol. The van der Waals surface area contributed by atoms with Crippen molar-refractivity contribution in [1.82, 2.24) is 24.8 Å². The van der Waals surface area contributed by atoms with E-state index in [4.69, 9.17) is 4.74 Å². The van der Waals surface area contributed by atoms with Gasteiger partial charge in [0.1, 0.15) is 25.3 Å². The molecule has 1 fully saturated rings. The quantitative estimate of drug-likeness (QED) is 0.540. The molecule has 1 N–H and O–H groups in total. The lowest BCUT2D eigenvalue weighted by atomic mass is 10.1. The number of ether oxygens (including phenoxy) is 1. The van der Waals surface area contributed by atoms with Gasteiger partial charge < -0.3 is 15.0 Å². The van der Waals surface area contributed by atoms with Crippen LogP contribution in [0.2, 0.25) is 0 Å². The molecule has 2 aromatic heterocycles. The summed E-state index contributed by atoms with van der Waals surface area (Å²) in [4.78, 5) is 39.5. The zero-order chi connectivity index (χ0) is 22.2. The van der Waals surface area contributed by atoms with E-state index in [1.54, 1.807) is 0 Å². The topological polar surface area (TPSA) is 102 Å². The van der Waals surface area contributed by atoms with E-state index in [0.717, 1.165) is 24.5 Å². The maximum Gasteiger partial charge on any atom is 0.254 e. The molecule has 1 aromatic carbocycles. The smallest absolute Gasteiger partial charge is 0.254 e. The Morgan fingerprint density at radius 3 is 2.62 bits per heavy atom. The number of nitrogens with zero attached hydrogens (tertiary/aromatic N) is 5. The monoisotopic (exact) mass is 434 g/mol. The minimum atomic E-state index is -0.290. The standard InChI is InChI=1S/C23H26N6O3/c30-21(15-29-17-27-19(13-23(29)31)18-7-3-1-4-8-18)24-9-12-32-22-14-20(25-16-26-22)28-10-5-2-6-11-28/h1,3-4,7-8,13-14,16-17H,2,5-6,9-12,15H2,(H,24,30). The Labute approximate surface area is 186 Å². The van der Waals surface area contributed by atoms with Gasteiger partial charge in [-0.05, 0) is 19.3 Å². The molecule has 166 valence electrons. The number of benzene rings is 1. The molecule has 9 heteroatoms. The van der Waals surface area contributed by atoms with Gasteiger partial charge in [0.2, 0.25) is 11.8 Å². The van der Waals surface area contributed by atoms with E-state index in [0.29, 0.717) is 18.1 Å². The molecule has 0 saturated carbocycles. The van der Waals surface area contributed by atoms with Crippen molar-refractivity contribution in [1.29, 1.82) is 0 Å². The van der Waals surface area contributed by atoms with Gasteiger partial charge in [-0.2, -0.15) is 0 Å². The number of carbonyl (C=O) groups is 1. The van der Waals surface area contributed by atoms with Gasteiger partial charge in [-0.1, -0.05) is 30.3 Å². The maximum absolute atomic E-state index is 12.3. The summed E-state index contributed by atoms with van der Waals surface area (Å²) in [6.07, 6.45) is 6.48. The lowest BCUT2D eigenvalue weighted by molar-refractivity contribution is -0.121. The molecule has 0 atom stereocenters. The molecule has 1 saturated heterocycles. The molecule has 4 rings (SSSR count). The number of nitrogens with one attached hydrogen (secondary N) is 1. The number of carbonyl (C=O) groups excluding carboxylic acids is 1. The zero-order valence-electron chi connectivity index (χ0n) is 17.8. The highest BCUT2D eigenvalue weighted by Crippen LogP contribution is 2.20. The Bertz CT molecular complexity index is 1100. The van der Waals surface area contributed by atoms with Gasteiger partial charge in [0, 0.05) is 30.8 Å². The highest BCUT2D eigenvalue weighted by Gasteiger charge is 2.13. The first-order chi connectivity index (χ1) is 15.7. The fourth-order valence-electron chi connectivity index (χ4n) is 3.57. The number of hydrogen-bond donors (Lipinski definition) is 1. The first kappa shape index (κ1) is 21.5. The van der Waals surface area contributed by atoms with Crippen LogP contribution in [0.5, 0.6) is 5.88 Å². The Morgan fingerprint density at radius 2 is 1.84 bits per heavy atom.